The number of nitrogens with zero attached hydrogens (tertiary/aromatic N) is 1. The van der Waals surface area contributed by atoms with Gasteiger partial charge in [0.25, 0.3) is 0 Å². The number of rotatable bonds is 5. The summed E-state index contributed by atoms with van der Waals surface area (Å²) < 4.78 is 0. The highest BCUT2D eigenvalue weighted by molar-refractivity contribution is 6.03. The molecule has 3 fully saturated rings. The van der Waals surface area contributed by atoms with Crippen molar-refractivity contribution in [2.75, 3.05) is 0 Å². The topological polar surface area (TPSA) is 76.0 Å². The van der Waals surface area contributed by atoms with Crippen LogP contribution in [0.1, 0.15) is 64.5 Å². The molecule has 33 heavy (non-hydrogen) atoms. The van der Waals surface area contributed by atoms with Crippen LogP contribution in [0, 0.1) is 45.8 Å². The largest absolute Gasteiger partial charge is 0.481 e. The molecule has 0 radical (unpaired) electrons. The Balaban J connectivity index is 1.55. The zero-order chi connectivity index (χ0) is 23.2. The summed E-state index contributed by atoms with van der Waals surface area (Å²) in [4.78, 5) is 32.7. The molecule has 1 heterocycles. The third-order valence-electron chi connectivity index (χ3n) is 10.3. The summed E-state index contributed by atoms with van der Waals surface area (Å²) in [6.07, 6.45) is 7.13. The fourth-order valence-corrected chi connectivity index (χ4v) is 9.21. The number of carboxylic acids is 1. The zero-order valence-electron chi connectivity index (χ0n) is 19.7. The fraction of sp³-hybridized carbons (Fsp3) is 0.607. The van der Waals surface area contributed by atoms with Gasteiger partial charge in [0.15, 0.2) is 6.10 Å². The molecule has 4 bridgehead atoms. The van der Waals surface area contributed by atoms with Gasteiger partial charge >= 0.3 is 5.97 Å². The second kappa shape index (κ2) is 6.80. The van der Waals surface area contributed by atoms with E-state index in [1.54, 1.807) is 0 Å². The third kappa shape index (κ3) is 2.22. The van der Waals surface area contributed by atoms with E-state index in [-0.39, 0.29) is 23.9 Å². The van der Waals surface area contributed by atoms with Crippen LogP contribution in [0.15, 0.2) is 47.1 Å². The summed E-state index contributed by atoms with van der Waals surface area (Å²) in [7, 11) is 0. The van der Waals surface area contributed by atoms with Gasteiger partial charge in [-0.3, -0.25) is 4.79 Å². The Morgan fingerprint density at radius 3 is 2.64 bits per heavy atom. The standard InChI is InChI=1S/C28H33NO4/c1-16(2)22-11-19-13-26(15-30)21-10-9-17(3)20(21)14-27(19,28(22,26)25(31)32)24-12-23(33-29-24)18-7-5-4-6-8-18/h4-8,11,15-17,19-21,23H,9-10,12-14H2,1-3H3,(H,31,32)/t17-,19+,20-,21-,23?,26+,27-,28+/m1/s1. The number of carboxylic acid groups (broad SMARTS) is 1. The van der Waals surface area contributed by atoms with Gasteiger partial charge in [0.2, 0.25) is 0 Å². The van der Waals surface area contributed by atoms with Crippen molar-refractivity contribution in [2.45, 2.75) is 59.0 Å². The van der Waals surface area contributed by atoms with Crippen LogP contribution in [0.4, 0.5) is 0 Å². The molecule has 8 atom stereocenters. The molecule has 4 aliphatic carbocycles. The summed E-state index contributed by atoms with van der Waals surface area (Å²) in [5, 5.41) is 15.8. The first kappa shape index (κ1) is 21.1. The van der Waals surface area contributed by atoms with Crippen LogP contribution in [0.3, 0.4) is 0 Å². The van der Waals surface area contributed by atoms with Gasteiger partial charge in [0, 0.05) is 11.8 Å². The number of carbonyl (C=O) groups excluding carboxylic acids is 1. The van der Waals surface area contributed by atoms with Gasteiger partial charge in [0.05, 0.1) is 11.1 Å². The molecule has 174 valence electrons. The molecule has 1 aliphatic heterocycles. The maximum atomic E-state index is 13.6. The average molecular weight is 448 g/mol. The molecular weight excluding hydrogens is 414 g/mol. The van der Waals surface area contributed by atoms with Crippen molar-refractivity contribution in [3.63, 3.8) is 0 Å². The number of fused-ring (bicyclic) bond motifs is 2. The molecular formula is C28H33NO4. The van der Waals surface area contributed by atoms with E-state index in [0.29, 0.717) is 24.7 Å². The van der Waals surface area contributed by atoms with E-state index >= 15 is 0 Å². The second-order valence-electron chi connectivity index (χ2n) is 11.5. The number of aliphatic carboxylic acids is 1. The van der Waals surface area contributed by atoms with Crippen LogP contribution in [0.5, 0.6) is 0 Å². The number of benzene rings is 1. The number of oxime groups is 1. The van der Waals surface area contributed by atoms with Crippen molar-refractivity contribution in [1.82, 2.24) is 0 Å². The van der Waals surface area contributed by atoms with Crippen molar-refractivity contribution in [1.29, 1.82) is 0 Å². The van der Waals surface area contributed by atoms with Crippen molar-refractivity contribution >= 4 is 18.0 Å². The van der Waals surface area contributed by atoms with E-state index in [0.717, 1.165) is 42.4 Å². The van der Waals surface area contributed by atoms with Crippen molar-refractivity contribution in [2.24, 2.45) is 51.0 Å². The summed E-state index contributed by atoms with van der Waals surface area (Å²) in [6.45, 7) is 6.44. The molecule has 1 N–H and O–H groups in total. The highest BCUT2D eigenvalue weighted by atomic mass is 16.6. The Labute approximate surface area is 195 Å². The van der Waals surface area contributed by atoms with Gasteiger partial charge in [-0.2, -0.15) is 0 Å². The van der Waals surface area contributed by atoms with E-state index in [9.17, 15) is 14.7 Å². The Morgan fingerprint density at radius 2 is 1.97 bits per heavy atom. The minimum atomic E-state index is -1.22. The molecule has 0 amide bonds. The lowest BCUT2D eigenvalue weighted by atomic mass is 9.41. The number of carbonyl (C=O) groups is 2. The molecule has 0 saturated heterocycles. The summed E-state index contributed by atoms with van der Waals surface area (Å²) >= 11 is 0. The zero-order valence-corrected chi connectivity index (χ0v) is 19.7. The van der Waals surface area contributed by atoms with Crippen LogP contribution in [0.2, 0.25) is 0 Å². The molecule has 6 rings (SSSR count). The monoisotopic (exact) mass is 447 g/mol. The van der Waals surface area contributed by atoms with Gasteiger partial charge in [-0.15, -0.1) is 0 Å². The Kier molecular flexibility index (Phi) is 4.35. The maximum Gasteiger partial charge on any atom is 0.315 e. The lowest BCUT2D eigenvalue weighted by Gasteiger charge is -2.58. The normalized spacial score (nSPS) is 44.9. The first-order valence-corrected chi connectivity index (χ1v) is 12.5. The summed E-state index contributed by atoms with van der Waals surface area (Å²) in [5.41, 5.74) is 0.115. The van der Waals surface area contributed by atoms with Crippen LogP contribution in [0.25, 0.3) is 0 Å². The molecule has 0 spiro atoms. The van der Waals surface area contributed by atoms with Gasteiger partial charge in [-0.05, 0) is 54.4 Å². The molecule has 1 aromatic carbocycles. The molecule has 5 nitrogen and oxygen atoms in total. The molecule has 5 aliphatic rings. The maximum absolute atomic E-state index is 13.6. The van der Waals surface area contributed by atoms with Crippen LogP contribution < -0.4 is 0 Å². The molecule has 0 aromatic heterocycles. The predicted octanol–water partition coefficient (Wildman–Crippen LogP) is 5.43. The highest BCUT2D eigenvalue weighted by Crippen LogP contribution is 2.83. The molecule has 3 saturated carbocycles. The summed E-state index contributed by atoms with van der Waals surface area (Å²) in [6, 6.07) is 10.1. The van der Waals surface area contributed by atoms with Crippen molar-refractivity contribution < 1.29 is 19.5 Å². The van der Waals surface area contributed by atoms with E-state index in [1.165, 1.54) is 0 Å². The molecule has 1 aromatic rings. The lowest BCUT2D eigenvalue weighted by Crippen LogP contribution is -2.64. The van der Waals surface area contributed by atoms with E-state index in [1.807, 2.05) is 30.3 Å². The first-order chi connectivity index (χ1) is 15.8. The predicted molar refractivity (Wildman–Crippen MR) is 124 cm³/mol. The number of hydrogen-bond acceptors (Lipinski definition) is 4. The van der Waals surface area contributed by atoms with Gasteiger partial charge in [-0.1, -0.05) is 74.3 Å². The second-order valence-corrected chi connectivity index (χ2v) is 11.5. The Bertz CT molecular complexity index is 1080. The number of aldehydes is 1. The first-order valence-electron chi connectivity index (χ1n) is 12.5. The van der Waals surface area contributed by atoms with Crippen LogP contribution in [-0.4, -0.2) is 23.1 Å². The third-order valence-corrected chi connectivity index (χ3v) is 10.3. The minimum absolute atomic E-state index is 0.0193. The Morgan fingerprint density at radius 1 is 1.21 bits per heavy atom. The van der Waals surface area contributed by atoms with Gasteiger partial charge in [-0.25, -0.2) is 0 Å². The van der Waals surface area contributed by atoms with Gasteiger partial charge < -0.3 is 14.7 Å². The molecule has 1 unspecified atom stereocenters. The lowest BCUT2D eigenvalue weighted by molar-refractivity contribution is -0.173. The molecule has 5 heteroatoms. The Hall–Kier alpha value is -2.43. The van der Waals surface area contributed by atoms with Gasteiger partial charge in [0.1, 0.15) is 11.7 Å². The fourth-order valence-electron chi connectivity index (χ4n) is 9.21. The van der Waals surface area contributed by atoms with Crippen molar-refractivity contribution in [3.8, 4) is 0 Å². The van der Waals surface area contributed by atoms with E-state index in [2.05, 4.69) is 32.0 Å². The highest BCUT2D eigenvalue weighted by Gasteiger charge is 2.85. The number of allylic oxidation sites excluding steroid dienone is 1. The quantitative estimate of drug-likeness (QED) is 0.482. The smallest absolute Gasteiger partial charge is 0.315 e. The minimum Gasteiger partial charge on any atom is -0.481 e. The number of hydrogen-bond donors (Lipinski definition) is 1. The summed E-state index contributed by atoms with van der Waals surface area (Å²) in [5.74, 6) is 0.228. The van der Waals surface area contributed by atoms with Crippen LogP contribution in [-0.2, 0) is 14.4 Å². The van der Waals surface area contributed by atoms with E-state index in [4.69, 9.17) is 4.84 Å². The van der Waals surface area contributed by atoms with Crippen molar-refractivity contribution in [3.05, 3.63) is 47.5 Å². The van der Waals surface area contributed by atoms with Crippen LogP contribution >= 0.6 is 0 Å². The SMILES string of the molecule is CC(C)C1=C[C@H]2C[C@]3(C=O)[C@@H]4CC[C@@H](C)[C@H]4C[C@@]2(C2=NOC(c4ccccc4)C2)[C@]13C(=O)O. The average Bonchev–Trinajstić information content (AvgIpc) is 3.54. The van der Waals surface area contributed by atoms with E-state index < -0.39 is 22.2 Å².